The number of halogens is 1. The highest BCUT2D eigenvalue weighted by molar-refractivity contribution is 9.10. The molecular weight excluding hydrogens is 278 g/mol. The molecule has 0 saturated carbocycles. The topological polar surface area (TPSA) is 23.5 Å². The Morgan fingerprint density at radius 1 is 1.47 bits per heavy atom. The molecule has 1 N–H and O–H groups in total. The molecular formula is C14H20BrNO. The molecule has 0 radical (unpaired) electrons. The number of anilines is 1. The van der Waals surface area contributed by atoms with Crippen molar-refractivity contribution in [3.63, 3.8) is 0 Å². The molecule has 1 unspecified atom stereocenters. The Morgan fingerprint density at radius 3 is 3.00 bits per heavy atom. The number of hydrogen-bond acceptors (Lipinski definition) is 2. The van der Waals surface area contributed by atoms with Crippen LogP contribution in [0.25, 0.3) is 0 Å². The third-order valence-corrected chi connectivity index (χ3v) is 4.15. The summed E-state index contributed by atoms with van der Waals surface area (Å²) in [5.41, 5.74) is 2.23. The molecule has 1 aromatic carbocycles. The first kappa shape index (κ1) is 12.9. The molecule has 0 aromatic heterocycles. The van der Waals surface area contributed by atoms with Crippen molar-refractivity contribution in [3.8, 4) is 0 Å². The minimum Gasteiger partial charge on any atom is -0.392 e. The van der Waals surface area contributed by atoms with E-state index in [4.69, 9.17) is 0 Å². The molecule has 94 valence electrons. The molecule has 1 saturated heterocycles. The van der Waals surface area contributed by atoms with Crippen molar-refractivity contribution in [2.24, 2.45) is 5.92 Å². The highest BCUT2D eigenvalue weighted by Crippen LogP contribution is 2.30. The van der Waals surface area contributed by atoms with E-state index in [1.54, 1.807) is 0 Å². The molecule has 0 amide bonds. The molecule has 1 aliphatic rings. The van der Waals surface area contributed by atoms with Gasteiger partial charge in [0.05, 0.1) is 6.61 Å². The van der Waals surface area contributed by atoms with Crippen molar-refractivity contribution < 1.29 is 5.11 Å². The van der Waals surface area contributed by atoms with E-state index in [2.05, 4.69) is 33.8 Å². The predicted octanol–water partition coefficient (Wildman–Crippen LogP) is 3.57. The second-order valence-corrected chi connectivity index (χ2v) is 5.71. The fraction of sp³-hybridized carbons (Fsp3) is 0.571. The number of aliphatic hydroxyl groups excluding tert-OH is 1. The second kappa shape index (κ2) is 5.87. The van der Waals surface area contributed by atoms with Gasteiger partial charge >= 0.3 is 0 Å². The fourth-order valence-corrected chi connectivity index (χ4v) is 2.93. The lowest BCUT2D eigenvalue weighted by Crippen LogP contribution is -2.35. The Balaban J connectivity index is 2.22. The van der Waals surface area contributed by atoms with Crippen LogP contribution in [0, 0.1) is 5.92 Å². The summed E-state index contributed by atoms with van der Waals surface area (Å²) in [6, 6.07) is 6.13. The van der Waals surface area contributed by atoms with E-state index < -0.39 is 0 Å². The van der Waals surface area contributed by atoms with Gasteiger partial charge in [0.15, 0.2) is 0 Å². The van der Waals surface area contributed by atoms with E-state index in [0.29, 0.717) is 0 Å². The van der Waals surface area contributed by atoms with Crippen molar-refractivity contribution >= 4 is 21.6 Å². The summed E-state index contributed by atoms with van der Waals surface area (Å²) < 4.78 is 1.09. The molecule has 17 heavy (non-hydrogen) atoms. The molecule has 0 bridgehead atoms. The van der Waals surface area contributed by atoms with E-state index in [9.17, 15) is 5.11 Å². The van der Waals surface area contributed by atoms with Gasteiger partial charge in [0.1, 0.15) is 0 Å². The number of rotatable bonds is 3. The number of benzene rings is 1. The average Bonchev–Trinajstić information content (AvgIpc) is 2.39. The van der Waals surface area contributed by atoms with E-state index in [0.717, 1.165) is 29.0 Å². The van der Waals surface area contributed by atoms with Gasteiger partial charge in [0.25, 0.3) is 0 Å². The normalized spacial score (nSPS) is 20.6. The minimum absolute atomic E-state index is 0.121. The van der Waals surface area contributed by atoms with Crippen molar-refractivity contribution in [1.29, 1.82) is 0 Å². The maximum Gasteiger partial charge on any atom is 0.0702 e. The summed E-state index contributed by atoms with van der Waals surface area (Å²) >= 11 is 3.52. The quantitative estimate of drug-likeness (QED) is 0.922. The van der Waals surface area contributed by atoms with Crippen LogP contribution in [0.2, 0.25) is 0 Å². The molecule has 2 rings (SSSR count). The van der Waals surface area contributed by atoms with Crippen LogP contribution in [0.4, 0.5) is 5.69 Å². The lowest BCUT2D eigenvalue weighted by molar-refractivity contribution is 0.281. The summed E-state index contributed by atoms with van der Waals surface area (Å²) in [6.45, 7) is 4.62. The zero-order valence-corrected chi connectivity index (χ0v) is 11.9. The maximum absolute atomic E-state index is 9.42. The van der Waals surface area contributed by atoms with Gasteiger partial charge in [-0.1, -0.05) is 35.3 Å². The van der Waals surface area contributed by atoms with Crippen LogP contribution in [-0.4, -0.2) is 18.2 Å². The lowest BCUT2D eigenvalue weighted by atomic mass is 9.95. The third kappa shape index (κ3) is 3.02. The first-order chi connectivity index (χ1) is 8.24. The van der Waals surface area contributed by atoms with Crippen LogP contribution < -0.4 is 4.90 Å². The summed E-state index contributed by atoms with van der Waals surface area (Å²) in [5.74, 6) is 0.800. The average molecular weight is 298 g/mol. The number of hydrogen-bond donors (Lipinski definition) is 1. The largest absolute Gasteiger partial charge is 0.392 e. The Labute approximate surface area is 112 Å². The van der Waals surface area contributed by atoms with Crippen molar-refractivity contribution in [2.45, 2.75) is 32.8 Å². The van der Waals surface area contributed by atoms with Crippen molar-refractivity contribution in [3.05, 3.63) is 28.2 Å². The molecule has 0 spiro atoms. The van der Waals surface area contributed by atoms with Gasteiger partial charge in [0, 0.05) is 28.8 Å². The Hall–Kier alpha value is -0.540. The van der Waals surface area contributed by atoms with Crippen LogP contribution in [0.1, 0.15) is 31.7 Å². The number of piperidine rings is 1. The van der Waals surface area contributed by atoms with Gasteiger partial charge in [-0.2, -0.15) is 0 Å². The Morgan fingerprint density at radius 2 is 2.29 bits per heavy atom. The summed E-state index contributed by atoms with van der Waals surface area (Å²) in [6.07, 6.45) is 3.85. The molecule has 1 heterocycles. The standard InChI is InChI=1S/C14H20BrNO/c1-2-11-4-3-7-16(9-11)14-8-13(15)6-5-12(14)10-17/h5-6,8,11,17H,2-4,7,9-10H2,1H3. The van der Waals surface area contributed by atoms with Gasteiger partial charge in [-0.3, -0.25) is 0 Å². The van der Waals surface area contributed by atoms with Crippen molar-refractivity contribution in [1.82, 2.24) is 0 Å². The summed E-state index contributed by atoms with van der Waals surface area (Å²) in [5, 5.41) is 9.42. The minimum atomic E-state index is 0.121. The maximum atomic E-state index is 9.42. The zero-order chi connectivity index (χ0) is 12.3. The van der Waals surface area contributed by atoms with Gasteiger partial charge in [-0.15, -0.1) is 0 Å². The van der Waals surface area contributed by atoms with E-state index in [1.165, 1.54) is 24.9 Å². The predicted molar refractivity (Wildman–Crippen MR) is 75.3 cm³/mol. The van der Waals surface area contributed by atoms with Crippen LogP contribution in [0.15, 0.2) is 22.7 Å². The van der Waals surface area contributed by atoms with Gasteiger partial charge in [-0.25, -0.2) is 0 Å². The van der Waals surface area contributed by atoms with Crippen LogP contribution in [0.5, 0.6) is 0 Å². The Bertz CT molecular complexity index is 380. The lowest BCUT2D eigenvalue weighted by Gasteiger charge is -2.35. The number of nitrogens with zero attached hydrogens (tertiary/aromatic N) is 1. The van der Waals surface area contributed by atoms with E-state index in [1.807, 2.05) is 12.1 Å². The first-order valence-corrected chi connectivity index (χ1v) is 7.18. The Kier molecular flexibility index (Phi) is 4.46. The van der Waals surface area contributed by atoms with Gasteiger partial charge < -0.3 is 10.0 Å². The summed E-state index contributed by atoms with van der Waals surface area (Å²) in [4.78, 5) is 2.42. The first-order valence-electron chi connectivity index (χ1n) is 6.38. The van der Waals surface area contributed by atoms with Gasteiger partial charge in [-0.05, 0) is 30.9 Å². The molecule has 1 aromatic rings. The molecule has 1 fully saturated rings. The van der Waals surface area contributed by atoms with E-state index >= 15 is 0 Å². The van der Waals surface area contributed by atoms with Crippen LogP contribution in [0.3, 0.4) is 0 Å². The second-order valence-electron chi connectivity index (χ2n) is 4.79. The smallest absolute Gasteiger partial charge is 0.0702 e. The highest BCUT2D eigenvalue weighted by Gasteiger charge is 2.20. The van der Waals surface area contributed by atoms with Crippen molar-refractivity contribution in [2.75, 3.05) is 18.0 Å². The zero-order valence-electron chi connectivity index (χ0n) is 10.3. The molecule has 2 nitrogen and oxygen atoms in total. The fourth-order valence-electron chi connectivity index (χ4n) is 2.58. The number of aliphatic hydroxyl groups is 1. The molecule has 1 aliphatic heterocycles. The van der Waals surface area contributed by atoms with Gasteiger partial charge in [0.2, 0.25) is 0 Å². The highest BCUT2D eigenvalue weighted by atomic mass is 79.9. The third-order valence-electron chi connectivity index (χ3n) is 3.65. The molecule has 0 aliphatic carbocycles. The molecule has 1 atom stereocenters. The van der Waals surface area contributed by atoms with Crippen LogP contribution in [-0.2, 0) is 6.61 Å². The van der Waals surface area contributed by atoms with Crippen LogP contribution >= 0.6 is 15.9 Å². The monoisotopic (exact) mass is 297 g/mol. The van der Waals surface area contributed by atoms with E-state index in [-0.39, 0.29) is 6.61 Å². The summed E-state index contributed by atoms with van der Waals surface area (Å²) in [7, 11) is 0. The molecule has 3 heteroatoms. The SMILES string of the molecule is CCC1CCCN(c2cc(Br)ccc2CO)C1.